The smallest absolute Gasteiger partial charge is 0.232 e. The summed E-state index contributed by atoms with van der Waals surface area (Å²) >= 11 is 6.05. The van der Waals surface area contributed by atoms with Crippen LogP contribution in [0.25, 0.3) is 11.4 Å². The quantitative estimate of drug-likeness (QED) is 0.599. The molecule has 1 atom stereocenters. The average Bonchev–Trinajstić information content (AvgIpc) is 3.35. The number of aromatic nitrogens is 2. The number of benzene rings is 2. The molecule has 8 heteroatoms. The lowest BCUT2D eigenvalue weighted by Crippen LogP contribution is -2.24. The van der Waals surface area contributed by atoms with Crippen molar-refractivity contribution in [3.05, 3.63) is 53.4 Å². The minimum Gasteiger partial charge on any atom is -0.493 e. The summed E-state index contributed by atoms with van der Waals surface area (Å²) in [4.78, 5) is 18.7. The first-order valence-corrected chi connectivity index (χ1v) is 9.67. The second-order valence-electron chi connectivity index (χ2n) is 6.64. The topological polar surface area (TPSA) is 77.7 Å². The summed E-state index contributed by atoms with van der Waals surface area (Å²) < 4.78 is 16.4. The Morgan fingerprint density at radius 2 is 2.10 bits per heavy atom. The van der Waals surface area contributed by atoms with Gasteiger partial charge in [-0.15, -0.1) is 0 Å². The molecule has 2 aromatic carbocycles. The molecule has 0 bridgehead atoms. The summed E-state index contributed by atoms with van der Waals surface area (Å²) in [6, 6.07) is 12.7. The van der Waals surface area contributed by atoms with Crippen molar-refractivity contribution < 1.29 is 18.8 Å². The SMILES string of the molecule is CCOc1ccc(-c2noc(C3CC(=O)N(c4cccc(Cl)c4)C3)n2)cc1OC. The average molecular weight is 414 g/mol. The third-order valence-electron chi connectivity index (χ3n) is 4.76. The number of nitrogens with zero attached hydrogens (tertiary/aromatic N) is 3. The van der Waals surface area contributed by atoms with E-state index in [0.717, 1.165) is 11.3 Å². The van der Waals surface area contributed by atoms with E-state index in [9.17, 15) is 4.79 Å². The van der Waals surface area contributed by atoms with Gasteiger partial charge in [-0.3, -0.25) is 4.79 Å². The molecule has 0 spiro atoms. The number of carbonyl (C=O) groups is 1. The minimum absolute atomic E-state index is 0.000229. The van der Waals surface area contributed by atoms with Gasteiger partial charge < -0.3 is 18.9 Å². The third-order valence-corrected chi connectivity index (χ3v) is 4.99. The second kappa shape index (κ2) is 8.13. The number of hydrogen-bond donors (Lipinski definition) is 0. The second-order valence-corrected chi connectivity index (χ2v) is 7.08. The van der Waals surface area contributed by atoms with Crippen molar-refractivity contribution in [1.82, 2.24) is 10.1 Å². The molecular formula is C21H20ClN3O4. The van der Waals surface area contributed by atoms with Gasteiger partial charge in [-0.05, 0) is 43.3 Å². The third kappa shape index (κ3) is 3.91. The van der Waals surface area contributed by atoms with Crippen LogP contribution in [0.2, 0.25) is 5.02 Å². The first-order valence-electron chi connectivity index (χ1n) is 9.29. The summed E-state index contributed by atoms with van der Waals surface area (Å²) in [6.45, 7) is 2.92. The lowest BCUT2D eigenvalue weighted by Gasteiger charge is -2.16. The molecule has 29 heavy (non-hydrogen) atoms. The number of ether oxygens (including phenoxy) is 2. The highest BCUT2D eigenvalue weighted by atomic mass is 35.5. The molecule has 0 saturated carbocycles. The van der Waals surface area contributed by atoms with Gasteiger partial charge in [0, 0.05) is 29.2 Å². The maximum absolute atomic E-state index is 12.5. The first-order chi connectivity index (χ1) is 14.1. The molecule has 2 heterocycles. The number of halogens is 1. The molecule has 0 radical (unpaired) electrons. The van der Waals surface area contributed by atoms with Gasteiger partial charge in [-0.25, -0.2) is 0 Å². The molecule has 1 amide bonds. The van der Waals surface area contributed by atoms with Crippen LogP contribution in [0.1, 0.15) is 25.2 Å². The number of carbonyl (C=O) groups excluding carboxylic acids is 1. The molecule has 1 fully saturated rings. The van der Waals surface area contributed by atoms with Crippen molar-refractivity contribution >= 4 is 23.2 Å². The molecule has 1 aromatic heterocycles. The van der Waals surface area contributed by atoms with Crippen LogP contribution in [-0.4, -0.2) is 36.3 Å². The zero-order chi connectivity index (χ0) is 20.4. The predicted octanol–water partition coefficient (Wildman–Crippen LogP) is 4.32. The molecule has 7 nitrogen and oxygen atoms in total. The summed E-state index contributed by atoms with van der Waals surface area (Å²) in [5, 5.41) is 4.67. The first kappa shape index (κ1) is 19.3. The van der Waals surface area contributed by atoms with Gasteiger partial charge in [0.25, 0.3) is 0 Å². The monoisotopic (exact) mass is 413 g/mol. The van der Waals surface area contributed by atoms with Gasteiger partial charge in [0.2, 0.25) is 17.6 Å². The molecule has 1 saturated heterocycles. The number of hydrogen-bond acceptors (Lipinski definition) is 6. The van der Waals surface area contributed by atoms with Crippen molar-refractivity contribution in [2.45, 2.75) is 19.3 Å². The normalized spacial score (nSPS) is 16.3. The Labute approximate surface area is 173 Å². The van der Waals surface area contributed by atoms with E-state index in [1.807, 2.05) is 31.2 Å². The fourth-order valence-corrected chi connectivity index (χ4v) is 3.55. The van der Waals surface area contributed by atoms with E-state index >= 15 is 0 Å². The predicted molar refractivity (Wildman–Crippen MR) is 109 cm³/mol. The van der Waals surface area contributed by atoms with Crippen LogP contribution in [0, 0.1) is 0 Å². The summed E-state index contributed by atoms with van der Waals surface area (Å²) in [5.41, 5.74) is 1.51. The number of methoxy groups -OCH3 is 1. The fourth-order valence-electron chi connectivity index (χ4n) is 3.37. The Morgan fingerprint density at radius 1 is 1.24 bits per heavy atom. The number of anilines is 1. The zero-order valence-corrected chi connectivity index (χ0v) is 16.8. The highest BCUT2D eigenvalue weighted by Crippen LogP contribution is 2.35. The molecule has 0 N–H and O–H groups in total. The van der Waals surface area contributed by atoms with Crippen molar-refractivity contribution in [2.24, 2.45) is 0 Å². The molecular weight excluding hydrogens is 394 g/mol. The van der Waals surface area contributed by atoms with Gasteiger partial charge in [-0.1, -0.05) is 22.8 Å². The number of rotatable bonds is 6. The molecule has 4 rings (SSSR count). The van der Waals surface area contributed by atoms with E-state index in [2.05, 4.69) is 10.1 Å². The standard InChI is InChI=1S/C21H20ClN3O4/c1-3-28-17-8-7-13(9-18(17)27-2)20-23-21(29-24-20)14-10-19(26)25(12-14)16-6-4-5-15(22)11-16/h4-9,11,14H,3,10,12H2,1-2H3. The van der Waals surface area contributed by atoms with Crippen LogP contribution in [0.3, 0.4) is 0 Å². The number of amides is 1. The Balaban J connectivity index is 1.54. The van der Waals surface area contributed by atoms with Crippen LogP contribution in [0.15, 0.2) is 47.0 Å². The Hall–Kier alpha value is -3.06. The van der Waals surface area contributed by atoms with E-state index in [4.69, 9.17) is 25.6 Å². The fraction of sp³-hybridized carbons (Fsp3) is 0.286. The summed E-state index contributed by atoms with van der Waals surface area (Å²) in [6.07, 6.45) is 0.306. The van der Waals surface area contributed by atoms with E-state index in [-0.39, 0.29) is 11.8 Å². The van der Waals surface area contributed by atoms with Crippen LogP contribution in [0.5, 0.6) is 11.5 Å². The van der Waals surface area contributed by atoms with Crippen molar-refractivity contribution in [3.63, 3.8) is 0 Å². The van der Waals surface area contributed by atoms with Gasteiger partial charge in [0.15, 0.2) is 11.5 Å². The Morgan fingerprint density at radius 3 is 2.86 bits per heavy atom. The lowest BCUT2D eigenvalue weighted by molar-refractivity contribution is -0.117. The van der Waals surface area contributed by atoms with E-state index in [1.54, 1.807) is 30.2 Å². The lowest BCUT2D eigenvalue weighted by atomic mass is 10.1. The van der Waals surface area contributed by atoms with Crippen molar-refractivity contribution in [2.75, 3.05) is 25.2 Å². The summed E-state index contributed by atoms with van der Waals surface area (Å²) in [5.74, 6) is 1.95. The van der Waals surface area contributed by atoms with E-state index < -0.39 is 0 Å². The van der Waals surface area contributed by atoms with Gasteiger partial charge in [0.05, 0.1) is 19.6 Å². The minimum atomic E-state index is -0.174. The maximum atomic E-state index is 12.5. The zero-order valence-electron chi connectivity index (χ0n) is 16.1. The summed E-state index contributed by atoms with van der Waals surface area (Å²) in [7, 11) is 1.58. The van der Waals surface area contributed by atoms with Gasteiger partial charge in [-0.2, -0.15) is 4.98 Å². The Kier molecular flexibility index (Phi) is 5.40. The van der Waals surface area contributed by atoms with E-state index in [0.29, 0.717) is 47.8 Å². The molecule has 0 aliphatic carbocycles. The molecule has 1 aliphatic rings. The largest absolute Gasteiger partial charge is 0.493 e. The van der Waals surface area contributed by atoms with Crippen LogP contribution in [-0.2, 0) is 4.79 Å². The van der Waals surface area contributed by atoms with Crippen LogP contribution < -0.4 is 14.4 Å². The molecule has 150 valence electrons. The molecule has 3 aromatic rings. The highest BCUT2D eigenvalue weighted by molar-refractivity contribution is 6.30. The Bertz CT molecular complexity index is 1040. The van der Waals surface area contributed by atoms with Gasteiger partial charge >= 0.3 is 0 Å². The maximum Gasteiger partial charge on any atom is 0.232 e. The van der Waals surface area contributed by atoms with E-state index in [1.165, 1.54) is 0 Å². The van der Waals surface area contributed by atoms with Crippen LogP contribution in [0.4, 0.5) is 5.69 Å². The van der Waals surface area contributed by atoms with Crippen LogP contribution >= 0.6 is 11.6 Å². The van der Waals surface area contributed by atoms with Gasteiger partial charge in [0.1, 0.15) is 0 Å². The van der Waals surface area contributed by atoms with Crippen molar-refractivity contribution in [3.8, 4) is 22.9 Å². The van der Waals surface area contributed by atoms with Crippen molar-refractivity contribution in [1.29, 1.82) is 0 Å². The highest BCUT2D eigenvalue weighted by Gasteiger charge is 2.35. The molecule has 1 unspecified atom stereocenters. The molecule has 1 aliphatic heterocycles.